The van der Waals surface area contributed by atoms with Gasteiger partial charge in [-0.25, -0.2) is 0 Å². The standard InChI is InChI=1S/C24H35NO4/c1-17(2)20-13-22(24(27)25(3)21-7-5-4-6-8-21)29-23(14-20)28-16-19-11-9-18(15-26)10-12-19/h9-13,17,20-21,23,26H,4-8,14-16H2,1-3H3. The summed E-state index contributed by atoms with van der Waals surface area (Å²) >= 11 is 0. The molecule has 2 unspecified atom stereocenters. The summed E-state index contributed by atoms with van der Waals surface area (Å²) < 4.78 is 12.0. The van der Waals surface area contributed by atoms with Crippen LogP contribution in [0.2, 0.25) is 0 Å². The molecule has 1 saturated carbocycles. The van der Waals surface area contributed by atoms with Crippen molar-refractivity contribution in [3.8, 4) is 0 Å². The van der Waals surface area contributed by atoms with Crippen molar-refractivity contribution in [1.82, 2.24) is 4.90 Å². The fourth-order valence-corrected chi connectivity index (χ4v) is 4.14. The molecule has 1 amide bonds. The molecule has 2 aliphatic rings. The van der Waals surface area contributed by atoms with Crippen molar-refractivity contribution in [2.24, 2.45) is 11.8 Å². The first-order chi connectivity index (χ1) is 14.0. The van der Waals surface area contributed by atoms with Gasteiger partial charge in [0.2, 0.25) is 6.29 Å². The van der Waals surface area contributed by atoms with E-state index in [-0.39, 0.29) is 18.4 Å². The molecule has 29 heavy (non-hydrogen) atoms. The highest BCUT2D eigenvalue weighted by atomic mass is 16.7. The topological polar surface area (TPSA) is 59.0 Å². The summed E-state index contributed by atoms with van der Waals surface area (Å²) in [6, 6.07) is 8.00. The predicted octanol–water partition coefficient (Wildman–Crippen LogP) is 4.39. The average Bonchev–Trinajstić information content (AvgIpc) is 2.77. The van der Waals surface area contributed by atoms with Crippen molar-refractivity contribution >= 4 is 5.91 Å². The van der Waals surface area contributed by atoms with Gasteiger partial charge in [0.25, 0.3) is 5.91 Å². The Bertz CT molecular complexity index is 691. The Morgan fingerprint density at radius 1 is 1.17 bits per heavy atom. The monoisotopic (exact) mass is 401 g/mol. The van der Waals surface area contributed by atoms with Gasteiger partial charge in [-0.2, -0.15) is 0 Å². The summed E-state index contributed by atoms with van der Waals surface area (Å²) in [6.45, 7) is 4.79. The van der Waals surface area contributed by atoms with Crippen molar-refractivity contribution < 1.29 is 19.4 Å². The van der Waals surface area contributed by atoms with Crippen LogP contribution in [0.1, 0.15) is 63.5 Å². The Morgan fingerprint density at radius 3 is 2.45 bits per heavy atom. The maximum atomic E-state index is 13.1. The molecule has 5 nitrogen and oxygen atoms in total. The van der Waals surface area contributed by atoms with Gasteiger partial charge in [-0.05, 0) is 41.9 Å². The molecule has 0 bridgehead atoms. The zero-order valence-corrected chi connectivity index (χ0v) is 18.0. The van der Waals surface area contributed by atoms with Gasteiger partial charge in [0.05, 0.1) is 13.2 Å². The quantitative estimate of drug-likeness (QED) is 0.736. The van der Waals surface area contributed by atoms with E-state index >= 15 is 0 Å². The Balaban J connectivity index is 1.64. The second-order valence-electron chi connectivity index (χ2n) is 8.72. The maximum Gasteiger partial charge on any atom is 0.288 e. The molecule has 5 heteroatoms. The van der Waals surface area contributed by atoms with Crippen LogP contribution in [0.4, 0.5) is 0 Å². The maximum absolute atomic E-state index is 13.1. The van der Waals surface area contributed by atoms with E-state index in [1.165, 1.54) is 19.3 Å². The van der Waals surface area contributed by atoms with Gasteiger partial charge in [0, 0.05) is 19.5 Å². The van der Waals surface area contributed by atoms with Gasteiger partial charge >= 0.3 is 0 Å². The van der Waals surface area contributed by atoms with Gasteiger partial charge in [-0.1, -0.05) is 57.4 Å². The minimum atomic E-state index is -0.427. The molecular weight excluding hydrogens is 366 g/mol. The molecule has 1 aliphatic carbocycles. The van der Waals surface area contributed by atoms with Crippen LogP contribution >= 0.6 is 0 Å². The Kier molecular flexibility index (Phi) is 7.73. The van der Waals surface area contributed by atoms with E-state index in [1.807, 2.05) is 42.3 Å². The molecule has 1 aliphatic heterocycles. The number of carbonyl (C=O) groups is 1. The normalized spacial score (nSPS) is 22.9. The van der Waals surface area contributed by atoms with E-state index in [0.29, 0.717) is 24.3 Å². The van der Waals surface area contributed by atoms with Gasteiger partial charge in [0.15, 0.2) is 5.76 Å². The second-order valence-corrected chi connectivity index (χ2v) is 8.72. The minimum absolute atomic E-state index is 0.0249. The molecule has 0 aromatic heterocycles. The summed E-state index contributed by atoms with van der Waals surface area (Å²) in [7, 11) is 1.90. The third kappa shape index (κ3) is 5.83. The molecule has 1 heterocycles. The van der Waals surface area contributed by atoms with Gasteiger partial charge < -0.3 is 19.5 Å². The number of hydrogen-bond donors (Lipinski definition) is 1. The van der Waals surface area contributed by atoms with Crippen LogP contribution in [0.5, 0.6) is 0 Å². The van der Waals surface area contributed by atoms with Crippen LogP contribution in [-0.4, -0.2) is 35.3 Å². The molecule has 0 spiro atoms. The summed E-state index contributed by atoms with van der Waals surface area (Å²) in [6.07, 6.45) is 8.12. The van der Waals surface area contributed by atoms with Crippen LogP contribution in [0.25, 0.3) is 0 Å². The number of aliphatic hydroxyl groups excluding tert-OH is 1. The summed E-state index contributed by atoms with van der Waals surface area (Å²) in [5.41, 5.74) is 1.90. The van der Waals surface area contributed by atoms with Crippen molar-refractivity contribution in [2.45, 2.75) is 77.9 Å². The van der Waals surface area contributed by atoms with E-state index in [1.54, 1.807) is 0 Å². The molecule has 1 aromatic rings. The van der Waals surface area contributed by atoms with E-state index in [9.17, 15) is 9.90 Å². The van der Waals surface area contributed by atoms with E-state index < -0.39 is 6.29 Å². The molecule has 2 atom stereocenters. The van der Waals surface area contributed by atoms with Crippen molar-refractivity contribution in [3.05, 3.63) is 47.2 Å². The van der Waals surface area contributed by atoms with Gasteiger partial charge in [0.1, 0.15) is 0 Å². The first-order valence-corrected chi connectivity index (χ1v) is 10.9. The Hall–Kier alpha value is -1.85. The van der Waals surface area contributed by atoms with Crippen LogP contribution in [0, 0.1) is 11.8 Å². The molecular formula is C24H35NO4. The van der Waals surface area contributed by atoms with E-state index in [2.05, 4.69) is 13.8 Å². The number of ether oxygens (including phenoxy) is 2. The summed E-state index contributed by atoms with van der Waals surface area (Å²) in [4.78, 5) is 15.0. The third-order valence-electron chi connectivity index (χ3n) is 6.24. The number of rotatable bonds is 7. The fourth-order valence-electron chi connectivity index (χ4n) is 4.14. The highest BCUT2D eigenvalue weighted by molar-refractivity contribution is 5.91. The van der Waals surface area contributed by atoms with E-state index in [4.69, 9.17) is 9.47 Å². The largest absolute Gasteiger partial charge is 0.459 e. The lowest BCUT2D eigenvalue weighted by molar-refractivity contribution is -0.160. The van der Waals surface area contributed by atoms with Crippen molar-refractivity contribution in [2.75, 3.05) is 7.05 Å². The molecule has 0 saturated heterocycles. The summed E-state index contributed by atoms with van der Waals surface area (Å²) in [5.74, 6) is 1.08. The second kappa shape index (κ2) is 10.3. The van der Waals surface area contributed by atoms with Gasteiger partial charge in [-0.15, -0.1) is 0 Å². The van der Waals surface area contributed by atoms with Crippen molar-refractivity contribution in [1.29, 1.82) is 0 Å². The van der Waals surface area contributed by atoms with Crippen LogP contribution in [0.15, 0.2) is 36.1 Å². The minimum Gasteiger partial charge on any atom is -0.459 e. The van der Waals surface area contributed by atoms with Gasteiger partial charge in [-0.3, -0.25) is 4.79 Å². The number of likely N-dealkylation sites (N-methyl/N-ethyl adjacent to an activating group) is 1. The molecule has 160 valence electrons. The number of aliphatic hydroxyl groups is 1. The molecule has 3 rings (SSSR count). The Labute approximate surface area is 174 Å². The fraction of sp³-hybridized carbons (Fsp3) is 0.625. The number of benzene rings is 1. The van der Waals surface area contributed by atoms with Crippen LogP contribution in [0.3, 0.4) is 0 Å². The number of amides is 1. The third-order valence-corrected chi connectivity index (χ3v) is 6.24. The number of allylic oxidation sites excluding steroid dienone is 1. The lowest BCUT2D eigenvalue weighted by Gasteiger charge is -2.35. The first kappa shape index (κ1) is 21.8. The lowest BCUT2D eigenvalue weighted by Crippen LogP contribution is -2.41. The molecule has 1 aromatic carbocycles. The zero-order valence-electron chi connectivity index (χ0n) is 18.0. The number of carbonyl (C=O) groups excluding carboxylic acids is 1. The first-order valence-electron chi connectivity index (χ1n) is 10.9. The summed E-state index contributed by atoms with van der Waals surface area (Å²) in [5, 5.41) is 9.17. The smallest absolute Gasteiger partial charge is 0.288 e. The zero-order chi connectivity index (χ0) is 20.8. The SMILES string of the molecule is CC(C)C1C=C(C(=O)N(C)C2CCCCC2)OC(OCc2ccc(CO)cc2)C1. The van der Waals surface area contributed by atoms with Crippen LogP contribution < -0.4 is 0 Å². The van der Waals surface area contributed by atoms with Crippen molar-refractivity contribution in [3.63, 3.8) is 0 Å². The predicted molar refractivity (Wildman–Crippen MR) is 113 cm³/mol. The van der Waals surface area contributed by atoms with E-state index in [0.717, 1.165) is 30.4 Å². The lowest BCUT2D eigenvalue weighted by atomic mass is 9.89. The average molecular weight is 402 g/mol. The Morgan fingerprint density at radius 2 is 1.83 bits per heavy atom. The highest BCUT2D eigenvalue weighted by Crippen LogP contribution is 2.31. The molecule has 1 N–H and O–H groups in total. The van der Waals surface area contributed by atoms with Crippen LogP contribution in [-0.2, 0) is 27.5 Å². The number of hydrogen-bond acceptors (Lipinski definition) is 4. The molecule has 0 radical (unpaired) electrons. The highest BCUT2D eigenvalue weighted by Gasteiger charge is 2.32. The molecule has 1 fully saturated rings. The number of nitrogens with zero attached hydrogens (tertiary/aromatic N) is 1.